The summed E-state index contributed by atoms with van der Waals surface area (Å²) in [5, 5.41) is 6.09. The Morgan fingerprint density at radius 2 is 1.96 bits per heavy atom. The molecule has 0 fully saturated rings. The second-order valence-electron chi connectivity index (χ2n) is 5.23. The van der Waals surface area contributed by atoms with Gasteiger partial charge in [-0.2, -0.15) is 0 Å². The number of methoxy groups -OCH3 is 1. The molecule has 0 radical (unpaired) electrons. The first-order chi connectivity index (χ1) is 11.4. The Hall–Kier alpha value is -2.67. The molecule has 126 valence electrons. The molecule has 2 rings (SSSR count). The molecule has 1 heterocycles. The number of nitrogens with one attached hydrogen (secondary N) is 2. The lowest BCUT2D eigenvalue weighted by atomic mass is 10.2. The zero-order valence-electron chi connectivity index (χ0n) is 13.5. The predicted molar refractivity (Wildman–Crippen MR) is 90.7 cm³/mol. The van der Waals surface area contributed by atoms with Gasteiger partial charge in [0.1, 0.15) is 11.5 Å². The number of anilines is 2. The number of nitrogens with zero attached hydrogens (tertiary/aromatic N) is 2. The highest BCUT2D eigenvalue weighted by molar-refractivity contribution is 6.33. The number of benzene rings is 1. The van der Waals surface area contributed by atoms with Crippen molar-refractivity contribution in [1.82, 2.24) is 15.3 Å². The van der Waals surface area contributed by atoms with Crippen LogP contribution in [0.4, 0.5) is 11.5 Å². The van der Waals surface area contributed by atoms with Gasteiger partial charge in [0.05, 0.1) is 35.8 Å². The Morgan fingerprint density at radius 1 is 1.21 bits per heavy atom. The maximum absolute atomic E-state index is 11.8. The van der Waals surface area contributed by atoms with E-state index in [1.54, 1.807) is 18.2 Å². The van der Waals surface area contributed by atoms with Gasteiger partial charge < -0.3 is 15.4 Å². The van der Waals surface area contributed by atoms with E-state index in [4.69, 9.17) is 11.6 Å². The van der Waals surface area contributed by atoms with E-state index in [1.165, 1.54) is 19.5 Å². The van der Waals surface area contributed by atoms with Crippen molar-refractivity contribution in [3.8, 4) is 0 Å². The molecule has 7 nitrogen and oxygen atoms in total. The van der Waals surface area contributed by atoms with Gasteiger partial charge in [-0.15, -0.1) is 0 Å². The quantitative estimate of drug-likeness (QED) is 0.807. The number of rotatable bonds is 5. The first kappa shape index (κ1) is 17.7. The topological polar surface area (TPSA) is 93.2 Å². The fourth-order valence-electron chi connectivity index (χ4n) is 1.85. The standard InChI is InChI=1S/C16H17ClN4O3/c1-9(2)20-15(22)13-7-19-14(8-18-13)21-12-6-10(16(23)24-3)4-5-11(12)17/h4-9H,1-3H3,(H,19,21)(H,20,22). The average molecular weight is 349 g/mol. The van der Waals surface area contributed by atoms with E-state index >= 15 is 0 Å². The molecule has 0 spiro atoms. The lowest BCUT2D eigenvalue weighted by Crippen LogP contribution is -2.30. The number of esters is 1. The van der Waals surface area contributed by atoms with Crippen LogP contribution in [-0.2, 0) is 4.74 Å². The molecule has 0 aliphatic carbocycles. The Bertz CT molecular complexity index is 747. The second-order valence-corrected chi connectivity index (χ2v) is 5.63. The van der Waals surface area contributed by atoms with E-state index < -0.39 is 5.97 Å². The first-order valence-corrected chi connectivity index (χ1v) is 7.56. The fraction of sp³-hybridized carbons (Fsp3) is 0.250. The van der Waals surface area contributed by atoms with Crippen molar-refractivity contribution in [3.05, 3.63) is 46.9 Å². The summed E-state index contributed by atoms with van der Waals surface area (Å²) in [5.41, 5.74) is 1.04. The van der Waals surface area contributed by atoms with Crippen LogP contribution in [0.15, 0.2) is 30.6 Å². The van der Waals surface area contributed by atoms with Crippen molar-refractivity contribution in [2.24, 2.45) is 0 Å². The molecule has 1 amide bonds. The molecule has 0 unspecified atom stereocenters. The van der Waals surface area contributed by atoms with Crippen LogP contribution in [0.3, 0.4) is 0 Å². The van der Waals surface area contributed by atoms with Crippen molar-refractivity contribution in [2.45, 2.75) is 19.9 Å². The van der Waals surface area contributed by atoms with E-state index in [0.29, 0.717) is 22.1 Å². The lowest BCUT2D eigenvalue weighted by Gasteiger charge is -2.10. The second kappa shape index (κ2) is 7.74. The van der Waals surface area contributed by atoms with E-state index in [9.17, 15) is 9.59 Å². The maximum Gasteiger partial charge on any atom is 0.337 e. The van der Waals surface area contributed by atoms with Gasteiger partial charge in [-0.3, -0.25) is 4.79 Å². The number of hydrogen-bond acceptors (Lipinski definition) is 6. The monoisotopic (exact) mass is 348 g/mol. The predicted octanol–water partition coefficient (Wildman–Crippen LogP) is 2.80. The molecule has 1 aromatic carbocycles. The molecule has 2 aromatic rings. The number of hydrogen-bond donors (Lipinski definition) is 2. The zero-order valence-corrected chi connectivity index (χ0v) is 14.2. The van der Waals surface area contributed by atoms with Crippen LogP contribution >= 0.6 is 11.6 Å². The zero-order chi connectivity index (χ0) is 17.7. The van der Waals surface area contributed by atoms with Crippen molar-refractivity contribution in [3.63, 3.8) is 0 Å². The smallest absolute Gasteiger partial charge is 0.337 e. The van der Waals surface area contributed by atoms with Crippen LogP contribution in [0.1, 0.15) is 34.7 Å². The summed E-state index contributed by atoms with van der Waals surface area (Å²) in [6, 6.07) is 4.70. The van der Waals surface area contributed by atoms with E-state index in [0.717, 1.165) is 0 Å². The van der Waals surface area contributed by atoms with Crippen molar-refractivity contribution < 1.29 is 14.3 Å². The van der Waals surface area contributed by atoms with Gasteiger partial charge >= 0.3 is 5.97 Å². The number of halogens is 1. The number of ether oxygens (including phenoxy) is 1. The molecule has 0 bridgehead atoms. The normalized spacial score (nSPS) is 10.4. The van der Waals surface area contributed by atoms with Gasteiger partial charge in [0.2, 0.25) is 0 Å². The molecule has 0 atom stereocenters. The number of carbonyl (C=O) groups excluding carboxylic acids is 2. The summed E-state index contributed by atoms with van der Waals surface area (Å²) in [6.45, 7) is 3.72. The van der Waals surface area contributed by atoms with Crippen molar-refractivity contribution in [2.75, 3.05) is 12.4 Å². The maximum atomic E-state index is 11.8. The Labute approximate surface area is 144 Å². The lowest BCUT2D eigenvalue weighted by molar-refractivity contribution is 0.0600. The first-order valence-electron chi connectivity index (χ1n) is 7.18. The van der Waals surface area contributed by atoms with E-state index in [-0.39, 0.29) is 17.6 Å². The molecular weight excluding hydrogens is 332 g/mol. The molecular formula is C16H17ClN4O3. The van der Waals surface area contributed by atoms with Gasteiger partial charge in [-0.05, 0) is 32.0 Å². The Morgan fingerprint density at radius 3 is 2.54 bits per heavy atom. The number of carbonyl (C=O) groups is 2. The molecule has 1 aromatic heterocycles. The molecule has 0 aliphatic rings. The largest absolute Gasteiger partial charge is 0.465 e. The summed E-state index contributed by atoms with van der Waals surface area (Å²) in [7, 11) is 1.30. The van der Waals surface area contributed by atoms with Crippen LogP contribution in [-0.4, -0.2) is 35.0 Å². The number of aromatic nitrogens is 2. The third-order valence-electron chi connectivity index (χ3n) is 2.95. The van der Waals surface area contributed by atoms with E-state index in [1.807, 2.05) is 13.8 Å². The van der Waals surface area contributed by atoms with Crippen molar-refractivity contribution >= 4 is 35.0 Å². The van der Waals surface area contributed by atoms with Crippen LogP contribution in [0.2, 0.25) is 5.02 Å². The Kier molecular flexibility index (Phi) is 5.70. The van der Waals surface area contributed by atoms with Gasteiger partial charge in [0, 0.05) is 6.04 Å². The minimum Gasteiger partial charge on any atom is -0.465 e. The summed E-state index contributed by atoms with van der Waals surface area (Å²) in [4.78, 5) is 31.6. The summed E-state index contributed by atoms with van der Waals surface area (Å²) in [5.74, 6) is -0.378. The third-order valence-corrected chi connectivity index (χ3v) is 3.28. The minimum atomic E-state index is -0.471. The fourth-order valence-corrected chi connectivity index (χ4v) is 2.01. The van der Waals surface area contributed by atoms with Crippen LogP contribution in [0.25, 0.3) is 0 Å². The minimum absolute atomic E-state index is 0.0111. The molecule has 0 aliphatic heterocycles. The van der Waals surface area contributed by atoms with Gasteiger partial charge in [0.15, 0.2) is 0 Å². The molecule has 24 heavy (non-hydrogen) atoms. The molecule has 8 heteroatoms. The van der Waals surface area contributed by atoms with Crippen LogP contribution < -0.4 is 10.6 Å². The summed E-state index contributed by atoms with van der Waals surface area (Å²) >= 11 is 6.11. The molecule has 0 saturated carbocycles. The SMILES string of the molecule is COC(=O)c1ccc(Cl)c(Nc2cnc(C(=O)NC(C)C)cn2)c1. The number of amides is 1. The molecule has 2 N–H and O–H groups in total. The van der Waals surface area contributed by atoms with Crippen LogP contribution in [0, 0.1) is 0 Å². The Balaban J connectivity index is 2.17. The van der Waals surface area contributed by atoms with Gasteiger partial charge in [-0.1, -0.05) is 11.6 Å². The summed E-state index contributed by atoms with van der Waals surface area (Å²) in [6.07, 6.45) is 2.77. The van der Waals surface area contributed by atoms with Crippen molar-refractivity contribution in [1.29, 1.82) is 0 Å². The third kappa shape index (κ3) is 4.42. The highest BCUT2D eigenvalue weighted by Gasteiger charge is 2.11. The van der Waals surface area contributed by atoms with E-state index in [2.05, 4.69) is 25.3 Å². The highest BCUT2D eigenvalue weighted by atomic mass is 35.5. The van der Waals surface area contributed by atoms with Gasteiger partial charge in [0.25, 0.3) is 5.91 Å². The average Bonchev–Trinajstić information content (AvgIpc) is 2.56. The van der Waals surface area contributed by atoms with Crippen LogP contribution in [0.5, 0.6) is 0 Å². The summed E-state index contributed by atoms with van der Waals surface area (Å²) < 4.78 is 4.67. The highest BCUT2D eigenvalue weighted by Crippen LogP contribution is 2.26. The molecule has 0 saturated heterocycles. The van der Waals surface area contributed by atoms with Gasteiger partial charge in [-0.25, -0.2) is 14.8 Å².